The average Bonchev–Trinajstić information content (AvgIpc) is 3.18. The zero-order valence-electron chi connectivity index (χ0n) is 17.3. The summed E-state index contributed by atoms with van der Waals surface area (Å²) in [4.78, 5) is 22.4. The van der Waals surface area contributed by atoms with Crippen molar-refractivity contribution in [2.45, 2.75) is 30.6 Å². The number of ether oxygens (including phenoxy) is 1. The Bertz CT molecular complexity index is 1470. The van der Waals surface area contributed by atoms with E-state index in [1.807, 2.05) is 0 Å². The van der Waals surface area contributed by atoms with E-state index < -0.39 is 10.1 Å². The molecule has 9 heteroatoms. The van der Waals surface area contributed by atoms with Crippen LogP contribution in [0.25, 0.3) is 21.6 Å². The molecule has 5 rings (SSSR count). The van der Waals surface area contributed by atoms with E-state index in [4.69, 9.17) is 8.92 Å². The van der Waals surface area contributed by atoms with Gasteiger partial charge in [0.15, 0.2) is 11.5 Å². The number of methoxy groups -OCH3 is 1. The summed E-state index contributed by atoms with van der Waals surface area (Å²) in [5, 5.41) is 0.689. The molecule has 0 bridgehead atoms. The van der Waals surface area contributed by atoms with E-state index in [9.17, 15) is 13.2 Å². The molecular formula is C23H20N2O5S2. The summed E-state index contributed by atoms with van der Waals surface area (Å²) in [5.74, 6) is 0.669. The smallest absolute Gasteiger partial charge is 0.339 e. The largest absolute Gasteiger partial charge is 0.493 e. The summed E-state index contributed by atoms with van der Waals surface area (Å²) in [7, 11) is -2.59. The fourth-order valence-electron chi connectivity index (χ4n) is 3.94. The van der Waals surface area contributed by atoms with Gasteiger partial charge in [-0.3, -0.25) is 4.79 Å². The lowest BCUT2D eigenvalue weighted by molar-refractivity contribution is 0.390. The van der Waals surface area contributed by atoms with Gasteiger partial charge in [-0.25, -0.2) is 4.98 Å². The summed E-state index contributed by atoms with van der Waals surface area (Å²) in [6, 6.07) is 12.6. The highest BCUT2D eigenvalue weighted by Crippen LogP contribution is 2.36. The van der Waals surface area contributed by atoms with Gasteiger partial charge >= 0.3 is 10.1 Å². The molecule has 7 nitrogen and oxygen atoms in total. The van der Waals surface area contributed by atoms with E-state index in [0.717, 1.165) is 36.1 Å². The van der Waals surface area contributed by atoms with Crippen LogP contribution < -0.4 is 14.5 Å². The molecule has 1 aliphatic carbocycles. The molecule has 0 amide bonds. The van der Waals surface area contributed by atoms with Crippen LogP contribution >= 0.6 is 11.3 Å². The molecule has 0 fully saturated rings. The van der Waals surface area contributed by atoms with Gasteiger partial charge in [-0.1, -0.05) is 18.2 Å². The van der Waals surface area contributed by atoms with Crippen molar-refractivity contribution < 1.29 is 17.3 Å². The number of thiophene rings is 1. The normalized spacial score (nSPS) is 13.7. The third kappa shape index (κ3) is 3.67. The maximum Gasteiger partial charge on any atom is 0.339 e. The van der Waals surface area contributed by atoms with Gasteiger partial charge in [0, 0.05) is 10.4 Å². The van der Waals surface area contributed by atoms with Crippen LogP contribution in [0.4, 0.5) is 0 Å². The van der Waals surface area contributed by atoms with Crippen LogP contribution in [0.3, 0.4) is 0 Å². The summed E-state index contributed by atoms with van der Waals surface area (Å²) < 4.78 is 35.8. The van der Waals surface area contributed by atoms with E-state index in [0.29, 0.717) is 16.8 Å². The third-order valence-corrected chi connectivity index (χ3v) is 7.93. The Morgan fingerprint density at radius 1 is 1.03 bits per heavy atom. The Morgan fingerprint density at radius 2 is 1.81 bits per heavy atom. The molecule has 0 saturated carbocycles. The summed E-state index contributed by atoms with van der Waals surface area (Å²) in [6.07, 6.45) is 4.12. The zero-order valence-corrected chi connectivity index (χ0v) is 18.9. The number of rotatable bonds is 5. The minimum Gasteiger partial charge on any atom is -0.493 e. The van der Waals surface area contributed by atoms with Crippen LogP contribution in [0.15, 0.2) is 58.2 Å². The van der Waals surface area contributed by atoms with Gasteiger partial charge in [-0.05, 0) is 61.6 Å². The number of fused-ring (bicyclic) bond motifs is 3. The van der Waals surface area contributed by atoms with Gasteiger partial charge in [0.2, 0.25) is 0 Å². The quantitative estimate of drug-likeness (QED) is 0.439. The second kappa shape index (κ2) is 8.07. The number of aromatic amines is 1. The number of nitrogens with zero attached hydrogens (tertiary/aromatic N) is 1. The van der Waals surface area contributed by atoms with E-state index >= 15 is 0 Å². The van der Waals surface area contributed by atoms with Crippen LogP contribution in [-0.2, 0) is 23.0 Å². The molecule has 0 radical (unpaired) electrons. The molecule has 2 aromatic carbocycles. The van der Waals surface area contributed by atoms with E-state index in [2.05, 4.69) is 9.97 Å². The van der Waals surface area contributed by atoms with Crippen molar-refractivity contribution in [2.24, 2.45) is 0 Å². The molecule has 0 unspecified atom stereocenters. The van der Waals surface area contributed by atoms with Crippen molar-refractivity contribution in [3.8, 4) is 22.9 Å². The Hall–Kier alpha value is -3.17. The summed E-state index contributed by atoms with van der Waals surface area (Å²) >= 11 is 1.57. The number of aromatic nitrogens is 2. The van der Waals surface area contributed by atoms with Crippen molar-refractivity contribution in [3.63, 3.8) is 0 Å². The second-order valence-electron chi connectivity index (χ2n) is 7.52. The van der Waals surface area contributed by atoms with Gasteiger partial charge in [0.1, 0.15) is 15.6 Å². The van der Waals surface area contributed by atoms with E-state index in [1.165, 1.54) is 30.2 Å². The third-order valence-electron chi connectivity index (χ3n) is 5.49. The van der Waals surface area contributed by atoms with Crippen LogP contribution in [0.1, 0.15) is 23.3 Å². The predicted octanol–water partition coefficient (Wildman–Crippen LogP) is 4.31. The number of nitrogens with one attached hydrogen (secondary N) is 1. The molecule has 32 heavy (non-hydrogen) atoms. The molecule has 0 aliphatic heterocycles. The first-order valence-electron chi connectivity index (χ1n) is 10.2. The molecule has 2 aromatic heterocycles. The van der Waals surface area contributed by atoms with Gasteiger partial charge in [-0.2, -0.15) is 8.42 Å². The SMILES string of the molecule is COc1cc(-c2nc3sc4c(c3c(=O)[nH]2)CCCC4)ccc1OS(=O)(=O)c1ccccc1. The maximum absolute atomic E-state index is 12.8. The number of hydrogen-bond acceptors (Lipinski definition) is 7. The van der Waals surface area contributed by atoms with Crippen molar-refractivity contribution in [3.05, 3.63) is 69.3 Å². The van der Waals surface area contributed by atoms with Gasteiger partial charge in [-0.15, -0.1) is 11.3 Å². The molecule has 4 aromatic rings. The van der Waals surface area contributed by atoms with Crippen LogP contribution in [-0.4, -0.2) is 25.5 Å². The van der Waals surface area contributed by atoms with E-state index in [1.54, 1.807) is 41.7 Å². The maximum atomic E-state index is 12.8. The number of benzene rings is 2. The Morgan fingerprint density at radius 3 is 2.59 bits per heavy atom. The molecule has 1 aliphatic rings. The van der Waals surface area contributed by atoms with Crippen LogP contribution in [0.2, 0.25) is 0 Å². The van der Waals surface area contributed by atoms with Gasteiger partial charge in [0.25, 0.3) is 5.56 Å². The topological polar surface area (TPSA) is 98.3 Å². The Kier molecular flexibility index (Phi) is 5.22. The lowest BCUT2D eigenvalue weighted by Crippen LogP contribution is -2.12. The fourth-order valence-corrected chi connectivity index (χ4v) is 6.16. The number of H-pyrrole nitrogens is 1. The first-order chi connectivity index (χ1) is 15.5. The standard InChI is InChI=1S/C23H20N2O5S2/c1-29-18-13-14(11-12-17(18)30-32(27,28)15-7-3-2-4-8-15)21-24-22(26)20-16-9-5-6-10-19(16)31-23(20)25-21/h2-4,7-8,11-13H,5-6,9-10H2,1H3,(H,24,25,26). The molecule has 1 N–H and O–H groups in total. The van der Waals surface area contributed by atoms with E-state index in [-0.39, 0.29) is 22.0 Å². The highest BCUT2D eigenvalue weighted by molar-refractivity contribution is 7.87. The molecule has 0 atom stereocenters. The van der Waals surface area contributed by atoms with Crippen molar-refractivity contribution >= 4 is 31.7 Å². The first kappa shape index (κ1) is 20.7. The highest BCUT2D eigenvalue weighted by Gasteiger charge is 2.22. The molecule has 2 heterocycles. The second-order valence-corrected chi connectivity index (χ2v) is 10.2. The molecule has 0 spiro atoms. The Balaban J connectivity index is 1.53. The van der Waals surface area contributed by atoms with Crippen molar-refractivity contribution in [2.75, 3.05) is 7.11 Å². The Labute approximate surface area is 188 Å². The zero-order chi connectivity index (χ0) is 22.3. The molecule has 0 saturated heterocycles. The average molecular weight is 469 g/mol. The lowest BCUT2D eigenvalue weighted by atomic mass is 9.97. The fraction of sp³-hybridized carbons (Fsp3) is 0.217. The van der Waals surface area contributed by atoms with Crippen molar-refractivity contribution in [1.29, 1.82) is 0 Å². The highest BCUT2D eigenvalue weighted by atomic mass is 32.2. The van der Waals surface area contributed by atoms with Crippen LogP contribution in [0, 0.1) is 0 Å². The predicted molar refractivity (Wildman–Crippen MR) is 123 cm³/mol. The minimum absolute atomic E-state index is 0.0456. The summed E-state index contributed by atoms with van der Waals surface area (Å²) in [6.45, 7) is 0. The molecule has 164 valence electrons. The first-order valence-corrected chi connectivity index (χ1v) is 12.4. The van der Waals surface area contributed by atoms with Gasteiger partial charge in [0.05, 0.1) is 12.5 Å². The molecular weight excluding hydrogens is 448 g/mol. The summed E-state index contributed by atoms with van der Waals surface area (Å²) in [5.41, 5.74) is 1.57. The van der Waals surface area contributed by atoms with Gasteiger partial charge < -0.3 is 13.9 Å². The minimum atomic E-state index is -4.01. The number of aryl methyl sites for hydroxylation is 2. The van der Waals surface area contributed by atoms with Crippen LogP contribution in [0.5, 0.6) is 11.5 Å². The monoisotopic (exact) mass is 468 g/mol. The van der Waals surface area contributed by atoms with Crippen molar-refractivity contribution in [1.82, 2.24) is 9.97 Å². The lowest BCUT2D eigenvalue weighted by Gasteiger charge is -2.12. The number of hydrogen-bond donors (Lipinski definition) is 1.